The molecule has 0 spiro atoms. The number of carbonyl (C=O) groups excluding carboxylic acids is 4. The van der Waals surface area contributed by atoms with Crippen molar-refractivity contribution in [1.82, 2.24) is 20.1 Å². The maximum Gasteiger partial charge on any atom is 0.406 e. The maximum absolute atomic E-state index is 13.0. The number of nitrogens with zero attached hydrogens (tertiary/aromatic N) is 4. The molecule has 3 amide bonds. The molecule has 3 aliphatic rings. The number of allylic oxidation sites excluding steroid dienone is 2. The number of β-lactam (4-membered cyclic amide) rings is 1. The van der Waals surface area contributed by atoms with Gasteiger partial charge in [0.1, 0.15) is 24.0 Å². The number of carboxylic acid groups (broad SMARTS) is 1. The van der Waals surface area contributed by atoms with E-state index in [-0.39, 0.29) is 77.3 Å². The molecule has 2 fully saturated rings. The van der Waals surface area contributed by atoms with Crippen LogP contribution in [0.3, 0.4) is 0 Å². The summed E-state index contributed by atoms with van der Waals surface area (Å²) in [5, 5.41) is 17.3. The summed E-state index contributed by atoms with van der Waals surface area (Å²) in [6.07, 6.45) is -3.09. The molecule has 4 N–H and O–H groups in total. The van der Waals surface area contributed by atoms with Crippen LogP contribution in [0, 0.1) is 0 Å². The number of alkyl halides is 3. The number of anilines is 1. The summed E-state index contributed by atoms with van der Waals surface area (Å²) in [6, 6.07) is -1.90. The van der Waals surface area contributed by atoms with Crippen LogP contribution in [0.4, 0.5) is 18.3 Å². The number of amides is 3. The third-order valence-corrected chi connectivity index (χ3v) is 6.81. The Balaban J connectivity index is 0.00000441. The van der Waals surface area contributed by atoms with E-state index in [0.717, 1.165) is 23.2 Å². The minimum absolute atomic E-state index is 0. The van der Waals surface area contributed by atoms with Crippen LogP contribution in [0.5, 0.6) is 0 Å². The molecule has 40 heavy (non-hydrogen) atoms. The Labute approximate surface area is 250 Å². The van der Waals surface area contributed by atoms with Crippen LogP contribution in [-0.4, -0.2) is 116 Å². The van der Waals surface area contributed by atoms with Gasteiger partial charge in [0, 0.05) is 54.0 Å². The smallest absolute Gasteiger partial charge is 0.406 e. The van der Waals surface area contributed by atoms with E-state index in [0.29, 0.717) is 4.90 Å². The van der Waals surface area contributed by atoms with Gasteiger partial charge in [-0.25, -0.2) is 14.6 Å². The van der Waals surface area contributed by atoms with Crippen molar-refractivity contribution in [3.8, 4) is 0 Å². The van der Waals surface area contributed by atoms with Crippen molar-refractivity contribution in [2.75, 3.05) is 18.8 Å². The molecule has 0 saturated carbocycles. The molecule has 18 heteroatoms. The van der Waals surface area contributed by atoms with Crippen molar-refractivity contribution in [2.24, 2.45) is 5.16 Å². The standard InChI is InChI=1S/C22H21F3N6O7S.Na/c1-9(32)38-29-14(12-7-39-21(26)27-12)17(33)28-15-13-3-2-10(16(20(36)37)31(13)19(15)35)6-11-4-5-30(18(11)34)8-22(23,24)25;/h6-7,13,15H,2-5,8H2,1H3,(H2,26,27)(H,28,33)(H,36,37);/t13-,15+;/m1./s1. The fourth-order valence-electron chi connectivity index (χ4n) is 4.53. The van der Waals surface area contributed by atoms with Crippen molar-refractivity contribution >= 4 is 81.4 Å². The van der Waals surface area contributed by atoms with Gasteiger partial charge in [0.05, 0.1) is 6.04 Å². The van der Waals surface area contributed by atoms with Crippen molar-refractivity contribution in [3.05, 3.63) is 34.0 Å². The first-order valence-electron chi connectivity index (χ1n) is 11.4. The zero-order chi connectivity index (χ0) is 28.6. The van der Waals surface area contributed by atoms with E-state index >= 15 is 0 Å². The second-order valence-corrected chi connectivity index (χ2v) is 9.69. The molecule has 0 aliphatic carbocycles. The third kappa shape index (κ3) is 6.54. The van der Waals surface area contributed by atoms with Gasteiger partial charge in [0.15, 0.2) is 10.8 Å². The van der Waals surface area contributed by atoms with Crippen molar-refractivity contribution in [2.45, 2.75) is 44.4 Å². The van der Waals surface area contributed by atoms with Crippen LogP contribution in [-0.2, 0) is 28.8 Å². The number of nitrogens with one attached hydrogen (secondary N) is 1. The van der Waals surface area contributed by atoms with Gasteiger partial charge in [-0.3, -0.25) is 19.3 Å². The number of thiazole rings is 1. The molecule has 0 aromatic carbocycles. The molecule has 2 saturated heterocycles. The first-order valence-corrected chi connectivity index (χ1v) is 12.3. The van der Waals surface area contributed by atoms with E-state index in [1.54, 1.807) is 0 Å². The maximum atomic E-state index is 13.0. The first kappa shape index (κ1) is 31.3. The number of halogens is 3. The third-order valence-electron chi connectivity index (χ3n) is 6.14. The summed E-state index contributed by atoms with van der Waals surface area (Å²) in [7, 11) is 0. The van der Waals surface area contributed by atoms with E-state index in [1.807, 2.05) is 0 Å². The monoisotopic (exact) mass is 593 g/mol. The second-order valence-electron chi connectivity index (χ2n) is 8.80. The van der Waals surface area contributed by atoms with E-state index < -0.39 is 65.9 Å². The zero-order valence-corrected chi connectivity index (χ0v) is 24.0. The number of nitrogens with two attached hydrogens (primary N) is 1. The molecule has 1 radical (unpaired) electrons. The Morgan fingerprint density at radius 1 is 1.32 bits per heavy atom. The van der Waals surface area contributed by atoms with E-state index in [1.165, 1.54) is 11.5 Å². The largest absolute Gasteiger partial charge is 0.477 e. The number of aromatic nitrogens is 1. The molecule has 3 aliphatic heterocycles. The van der Waals surface area contributed by atoms with Crippen LogP contribution in [0.1, 0.15) is 31.9 Å². The van der Waals surface area contributed by atoms with E-state index in [4.69, 9.17) is 5.73 Å². The van der Waals surface area contributed by atoms with Gasteiger partial charge >= 0.3 is 18.1 Å². The molecule has 2 atom stereocenters. The fraction of sp³-hybridized carbons (Fsp3) is 0.409. The quantitative estimate of drug-likeness (QED) is 0.0990. The normalized spacial score (nSPS) is 22.1. The number of aliphatic carboxylic acids is 1. The SMILES string of the molecule is CC(=O)ON=C(C(=O)N[C@@H]1C(=O)N2C(C(=O)O)=C(C=C3CCN(CC(F)(F)F)C3=O)CC[C@H]12)c1csc(N)n1.[Na]. The number of fused-ring (bicyclic) bond motifs is 1. The number of oxime groups is 1. The average Bonchev–Trinajstić information content (AvgIpc) is 3.41. The minimum atomic E-state index is -4.58. The van der Waals surface area contributed by atoms with Gasteiger partial charge < -0.3 is 25.9 Å². The van der Waals surface area contributed by atoms with E-state index in [2.05, 4.69) is 20.3 Å². The molecule has 0 bridgehead atoms. The van der Waals surface area contributed by atoms with Crippen LogP contribution in [0.25, 0.3) is 0 Å². The summed E-state index contributed by atoms with van der Waals surface area (Å²) in [4.78, 5) is 71.6. The summed E-state index contributed by atoms with van der Waals surface area (Å²) in [5.74, 6) is -4.83. The van der Waals surface area contributed by atoms with Crippen molar-refractivity contribution < 1.29 is 47.1 Å². The van der Waals surface area contributed by atoms with Crippen LogP contribution >= 0.6 is 11.3 Å². The Hall–Kier alpha value is -3.28. The topological polar surface area (TPSA) is 185 Å². The Kier molecular flexibility index (Phi) is 9.43. The van der Waals surface area contributed by atoms with Gasteiger partial charge in [-0.15, -0.1) is 11.3 Å². The van der Waals surface area contributed by atoms with Crippen LogP contribution in [0.2, 0.25) is 0 Å². The molecule has 4 rings (SSSR count). The number of likely N-dealkylation sites (tertiary alicyclic amines) is 1. The summed E-state index contributed by atoms with van der Waals surface area (Å²) < 4.78 is 38.2. The Morgan fingerprint density at radius 3 is 2.60 bits per heavy atom. The average molecular weight is 593 g/mol. The number of carbonyl (C=O) groups is 5. The Morgan fingerprint density at radius 2 is 2.02 bits per heavy atom. The zero-order valence-electron chi connectivity index (χ0n) is 21.1. The molecule has 1 aromatic rings. The number of hydrogen-bond acceptors (Lipinski definition) is 10. The van der Waals surface area contributed by atoms with Gasteiger partial charge in [-0.05, 0) is 30.9 Å². The van der Waals surface area contributed by atoms with Gasteiger partial charge in [-0.1, -0.05) is 5.16 Å². The van der Waals surface area contributed by atoms with Crippen LogP contribution in [0.15, 0.2) is 33.5 Å². The van der Waals surface area contributed by atoms with Crippen molar-refractivity contribution in [1.29, 1.82) is 0 Å². The predicted octanol–water partition coefficient (Wildman–Crippen LogP) is 0.161. The molecule has 209 valence electrons. The predicted molar refractivity (Wildman–Crippen MR) is 132 cm³/mol. The first-order chi connectivity index (χ1) is 18.3. The number of carboxylic acids is 1. The molecule has 1 aromatic heterocycles. The number of nitrogen functional groups attached to an aromatic ring is 1. The second kappa shape index (κ2) is 12.1. The summed E-state index contributed by atoms with van der Waals surface area (Å²) in [5.41, 5.74) is 4.86. The van der Waals surface area contributed by atoms with Gasteiger partial charge in [0.2, 0.25) is 5.91 Å². The minimum Gasteiger partial charge on any atom is -0.477 e. The Bertz CT molecular complexity index is 1360. The number of rotatable bonds is 7. The number of hydrogen-bond donors (Lipinski definition) is 3. The van der Waals surface area contributed by atoms with Crippen LogP contribution < -0.4 is 11.1 Å². The van der Waals surface area contributed by atoms with Crippen molar-refractivity contribution in [3.63, 3.8) is 0 Å². The van der Waals surface area contributed by atoms with Gasteiger partial charge in [-0.2, -0.15) is 13.2 Å². The molecular formula is C22H21F3N6NaO7S. The molecular weight excluding hydrogens is 572 g/mol. The summed E-state index contributed by atoms with van der Waals surface area (Å²) in [6.45, 7) is -0.525. The fourth-order valence-corrected chi connectivity index (χ4v) is 5.08. The van der Waals surface area contributed by atoms with E-state index in [9.17, 15) is 42.3 Å². The van der Waals surface area contributed by atoms with Gasteiger partial charge in [0.25, 0.3) is 11.8 Å². The molecule has 13 nitrogen and oxygen atoms in total. The summed E-state index contributed by atoms with van der Waals surface area (Å²) >= 11 is 0.992. The molecule has 4 heterocycles. The molecule has 0 unspecified atom stereocenters.